The van der Waals surface area contributed by atoms with E-state index < -0.39 is 17.8 Å². The monoisotopic (exact) mass is 438 g/mol. The molecule has 0 aromatic carbocycles. The highest BCUT2D eigenvalue weighted by atomic mass is 32.1. The van der Waals surface area contributed by atoms with Gasteiger partial charge in [-0.2, -0.15) is 13.2 Å². The van der Waals surface area contributed by atoms with Crippen molar-refractivity contribution in [3.63, 3.8) is 0 Å². The van der Waals surface area contributed by atoms with Gasteiger partial charge >= 0.3 is 6.18 Å². The standard InChI is InChI=1S/C20H21F3N4O2S/c21-20(22,23)14-5-6-17(24-13-14)25-8-10-26(11-9-25)18(28)15-3-1-7-27(15)19(29)16-4-2-12-30-16/h2,4-6,12-13,15H,1,3,7-11H2/t15-/m0/s1. The maximum absolute atomic E-state index is 13.1. The Labute approximate surface area is 175 Å². The number of likely N-dealkylation sites (tertiary alicyclic amines) is 1. The van der Waals surface area contributed by atoms with Gasteiger partial charge in [-0.05, 0) is 36.4 Å². The van der Waals surface area contributed by atoms with Crippen molar-refractivity contribution < 1.29 is 22.8 Å². The maximum atomic E-state index is 13.1. The molecule has 4 rings (SSSR count). The fourth-order valence-corrected chi connectivity index (χ4v) is 4.59. The molecule has 2 saturated heterocycles. The van der Waals surface area contributed by atoms with E-state index in [1.165, 1.54) is 17.4 Å². The lowest BCUT2D eigenvalue weighted by molar-refractivity contribution is -0.138. The molecule has 0 spiro atoms. The van der Waals surface area contributed by atoms with Crippen LogP contribution in [0.2, 0.25) is 0 Å². The van der Waals surface area contributed by atoms with E-state index in [-0.39, 0.29) is 11.8 Å². The second-order valence-corrected chi connectivity index (χ2v) is 8.30. The third-order valence-electron chi connectivity index (χ3n) is 5.52. The summed E-state index contributed by atoms with van der Waals surface area (Å²) in [5.41, 5.74) is -0.781. The van der Waals surface area contributed by atoms with Crippen LogP contribution >= 0.6 is 11.3 Å². The largest absolute Gasteiger partial charge is 0.417 e. The molecular weight excluding hydrogens is 417 g/mol. The summed E-state index contributed by atoms with van der Waals surface area (Å²) >= 11 is 1.37. The van der Waals surface area contributed by atoms with Crippen LogP contribution < -0.4 is 4.90 Å². The molecule has 0 bridgehead atoms. The Bertz CT molecular complexity index is 894. The Balaban J connectivity index is 1.36. The summed E-state index contributed by atoms with van der Waals surface area (Å²) in [5, 5.41) is 1.84. The number of hydrogen-bond acceptors (Lipinski definition) is 5. The van der Waals surface area contributed by atoms with Crippen LogP contribution in [-0.2, 0) is 11.0 Å². The zero-order valence-electron chi connectivity index (χ0n) is 16.1. The van der Waals surface area contributed by atoms with Gasteiger partial charge in [-0.3, -0.25) is 9.59 Å². The first-order chi connectivity index (χ1) is 14.3. The number of carbonyl (C=O) groups is 2. The number of anilines is 1. The molecule has 0 N–H and O–H groups in total. The van der Waals surface area contributed by atoms with Crippen LogP contribution in [0.1, 0.15) is 28.1 Å². The topological polar surface area (TPSA) is 56.8 Å². The molecule has 2 fully saturated rings. The quantitative estimate of drug-likeness (QED) is 0.739. The van der Waals surface area contributed by atoms with Gasteiger partial charge in [-0.25, -0.2) is 4.98 Å². The van der Waals surface area contributed by atoms with Crippen LogP contribution in [0.25, 0.3) is 0 Å². The molecule has 2 amide bonds. The summed E-state index contributed by atoms with van der Waals surface area (Å²) in [6.45, 7) is 2.42. The van der Waals surface area contributed by atoms with E-state index in [1.54, 1.807) is 15.9 Å². The maximum Gasteiger partial charge on any atom is 0.417 e. The molecule has 2 aromatic heterocycles. The summed E-state index contributed by atoms with van der Waals surface area (Å²) in [5.74, 6) is 0.302. The minimum atomic E-state index is -4.41. The Morgan fingerprint density at radius 1 is 1.07 bits per heavy atom. The highest BCUT2D eigenvalue weighted by Gasteiger charge is 2.38. The number of piperazine rings is 1. The van der Waals surface area contributed by atoms with Gasteiger partial charge in [-0.15, -0.1) is 11.3 Å². The zero-order valence-corrected chi connectivity index (χ0v) is 17.0. The molecule has 4 heterocycles. The summed E-state index contributed by atoms with van der Waals surface area (Å²) < 4.78 is 38.1. The average Bonchev–Trinajstić information content (AvgIpc) is 3.44. The number of rotatable bonds is 3. The molecular formula is C20H21F3N4O2S. The highest BCUT2D eigenvalue weighted by molar-refractivity contribution is 7.12. The van der Waals surface area contributed by atoms with Gasteiger partial charge < -0.3 is 14.7 Å². The average molecular weight is 438 g/mol. The molecule has 10 heteroatoms. The number of thiophene rings is 1. The SMILES string of the molecule is O=C([C@@H]1CCCN1C(=O)c1cccs1)N1CCN(c2ccc(C(F)(F)F)cn2)CC1. The van der Waals surface area contributed by atoms with E-state index in [4.69, 9.17) is 0 Å². The van der Waals surface area contributed by atoms with Crippen molar-refractivity contribution >= 4 is 29.0 Å². The van der Waals surface area contributed by atoms with E-state index in [2.05, 4.69) is 4.98 Å². The molecule has 2 aliphatic rings. The number of halogens is 3. The molecule has 6 nitrogen and oxygen atoms in total. The van der Waals surface area contributed by atoms with Crippen molar-refractivity contribution in [1.29, 1.82) is 0 Å². The summed E-state index contributed by atoms with van der Waals surface area (Å²) in [6.07, 6.45) is -2.14. The Hall–Kier alpha value is -2.62. The van der Waals surface area contributed by atoms with Crippen molar-refractivity contribution in [2.24, 2.45) is 0 Å². The first-order valence-electron chi connectivity index (χ1n) is 9.76. The van der Waals surface area contributed by atoms with Crippen molar-refractivity contribution in [2.45, 2.75) is 25.1 Å². The van der Waals surface area contributed by atoms with Gasteiger partial charge in [-0.1, -0.05) is 6.07 Å². The number of carbonyl (C=O) groups excluding carboxylic acids is 2. The molecule has 0 unspecified atom stereocenters. The molecule has 30 heavy (non-hydrogen) atoms. The number of pyridine rings is 1. The number of alkyl halides is 3. The van der Waals surface area contributed by atoms with Crippen LogP contribution in [0.3, 0.4) is 0 Å². The predicted octanol–water partition coefficient (Wildman–Crippen LogP) is 3.12. The van der Waals surface area contributed by atoms with Crippen molar-refractivity contribution in [2.75, 3.05) is 37.6 Å². The van der Waals surface area contributed by atoms with E-state index in [9.17, 15) is 22.8 Å². The van der Waals surface area contributed by atoms with Gasteiger partial charge in [0.1, 0.15) is 11.9 Å². The minimum Gasteiger partial charge on any atom is -0.353 e. The first-order valence-corrected chi connectivity index (χ1v) is 10.6. The fourth-order valence-electron chi connectivity index (χ4n) is 3.92. The second-order valence-electron chi connectivity index (χ2n) is 7.35. The van der Waals surface area contributed by atoms with Gasteiger partial charge in [0.25, 0.3) is 5.91 Å². The summed E-state index contributed by atoms with van der Waals surface area (Å²) in [6, 6.07) is 5.52. The van der Waals surface area contributed by atoms with Crippen LogP contribution in [-0.4, -0.2) is 65.4 Å². The van der Waals surface area contributed by atoms with Crippen molar-refractivity contribution in [3.8, 4) is 0 Å². The normalized spacial score (nSPS) is 20.0. The molecule has 2 aliphatic heterocycles. The molecule has 0 aliphatic carbocycles. The van der Waals surface area contributed by atoms with E-state index in [0.29, 0.717) is 49.8 Å². The van der Waals surface area contributed by atoms with Crippen LogP contribution in [0.4, 0.5) is 19.0 Å². The van der Waals surface area contributed by atoms with Gasteiger partial charge in [0.05, 0.1) is 10.4 Å². The fraction of sp³-hybridized carbons (Fsp3) is 0.450. The third-order valence-corrected chi connectivity index (χ3v) is 6.38. The smallest absolute Gasteiger partial charge is 0.353 e. The highest BCUT2D eigenvalue weighted by Crippen LogP contribution is 2.30. The Morgan fingerprint density at radius 3 is 2.43 bits per heavy atom. The summed E-state index contributed by atoms with van der Waals surface area (Å²) in [4.78, 5) is 35.6. The minimum absolute atomic E-state index is 0.0579. The number of aromatic nitrogens is 1. The van der Waals surface area contributed by atoms with Crippen molar-refractivity contribution in [3.05, 3.63) is 46.3 Å². The van der Waals surface area contributed by atoms with Gasteiger partial charge in [0.2, 0.25) is 5.91 Å². The molecule has 160 valence electrons. The zero-order chi connectivity index (χ0) is 21.3. The van der Waals surface area contributed by atoms with Crippen molar-refractivity contribution in [1.82, 2.24) is 14.8 Å². The Kier molecular flexibility index (Phi) is 5.68. The molecule has 0 saturated carbocycles. The second kappa shape index (κ2) is 8.25. The molecule has 0 radical (unpaired) electrons. The van der Waals surface area contributed by atoms with Gasteiger partial charge in [0, 0.05) is 38.9 Å². The Morgan fingerprint density at radius 2 is 1.83 bits per heavy atom. The van der Waals surface area contributed by atoms with Crippen LogP contribution in [0, 0.1) is 0 Å². The van der Waals surface area contributed by atoms with E-state index in [1.807, 2.05) is 16.3 Å². The number of hydrogen-bond donors (Lipinski definition) is 0. The van der Waals surface area contributed by atoms with E-state index >= 15 is 0 Å². The first kappa shape index (κ1) is 20.6. The molecule has 2 aromatic rings. The van der Waals surface area contributed by atoms with E-state index in [0.717, 1.165) is 18.7 Å². The molecule has 1 atom stereocenters. The predicted molar refractivity (Wildman–Crippen MR) is 106 cm³/mol. The third kappa shape index (κ3) is 4.14. The number of amides is 2. The van der Waals surface area contributed by atoms with Crippen LogP contribution in [0.15, 0.2) is 35.8 Å². The van der Waals surface area contributed by atoms with Crippen LogP contribution in [0.5, 0.6) is 0 Å². The lowest BCUT2D eigenvalue weighted by Gasteiger charge is -2.37. The summed E-state index contributed by atoms with van der Waals surface area (Å²) in [7, 11) is 0. The lowest BCUT2D eigenvalue weighted by Crippen LogP contribution is -2.54. The number of nitrogens with zero attached hydrogens (tertiary/aromatic N) is 4. The lowest BCUT2D eigenvalue weighted by atomic mass is 10.1. The van der Waals surface area contributed by atoms with Gasteiger partial charge in [0.15, 0.2) is 0 Å².